The highest BCUT2D eigenvalue weighted by Crippen LogP contribution is 2.25. The summed E-state index contributed by atoms with van der Waals surface area (Å²) in [5.41, 5.74) is 3.03. The van der Waals surface area contributed by atoms with Crippen molar-refractivity contribution in [3.05, 3.63) is 63.4 Å². The molecule has 28 heavy (non-hydrogen) atoms. The van der Waals surface area contributed by atoms with Crippen molar-refractivity contribution >= 4 is 52.1 Å². The molecule has 0 unspecified atom stereocenters. The molecule has 6 heteroatoms. The monoisotopic (exact) mass is 414 g/mol. The van der Waals surface area contributed by atoms with Gasteiger partial charge < -0.3 is 10.2 Å². The Hall–Kier alpha value is -2.14. The van der Waals surface area contributed by atoms with Crippen LogP contribution in [0.5, 0.6) is 0 Å². The highest BCUT2D eigenvalue weighted by atomic mass is 35.5. The van der Waals surface area contributed by atoms with Crippen molar-refractivity contribution in [1.29, 1.82) is 0 Å². The first kappa shape index (κ1) is 20.6. The van der Waals surface area contributed by atoms with Crippen molar-refractivity contribution in [2.45, 2.75) is 13.3 Å². The number of benzene rings is 2. The summed E-state index contributed by atoms with van der Waals surface area (Å²) in [5.74, 6) is 1.52. The van der Waals surface area contributed by atoms with E-state index in [1.54, 1.807) is 6.07 Å². The molecule has 0 saturated carbocycles. The van der Waals surface area contributed by atoms with Crippen LogP contribution in [0.15, 0.2) is 36.4 Å². The molecule has 0 amide bonds. The first-order valence-corrected chi connectivity index (χ1v) is 9.99. The third kappa shape index (κ3) is 5.22. The fourth-order valence-corrected chi connectivity index (χ4v) is 3.22. The summed E-state index contributed by atoms with van der Waals surface area (Å²) < 4.78 is 0. The van der Waals surface area contributed by atoms with E-state index in [4.69, 9.17) is 33.2 Å². The smallest absolute Gasteiger partial charge is 0.154 e. The minimum atomic E-state index is 0.530. The second-order valence-corrected chi connectivity index (χ2v) is 7.81. The van der Waals surface area contributed by atoms with E-state index in [0.29, 0.717) is 15.9 Å². The maximum Gasteiger partial charge on any atom is 0.154 e. The van der Waals surface area contributed by atoms with Gasteiger partial charge in [-0.1, -0.05) is 47.5 Å². The summed E-state index contributed by atoms with van der Waals surface area (Å²) >= 11 is 12.1. The average molecular weight is 415 g/mol. The quantitative estimate of drug-likeness (QED) is 0.497. The van der Waals surface area contributed by atoms with Gasteiger partial charge in [-0.3, -0.25) is 0 Å². The number of rotatable bonds is 7. The van der Waals surface area contributed by atoms with E-state index in [9.17, 15) is 0 Å². The summed E-state index contributed by atoms with van der Waals surface area (Å²) in [6.07, 6.45) is 4.88. The van der Waals surface area contributed by atoms with Gasteiger partial charge in [0.2, 0.25) is 0 Å². The number of fused-ring (bicyclic) bond motifs is 1. The van der Waals surface area contributed by atoms with Crippen molar-refractivity contribution in [2.75, 3.05) is 32.5 Å². The van der Waals surface area contributed by atoms with E-state index < -0.39 is 0 Å². The van der Waals surface area contributed by atoms with Crippen LogP contribution in [-0.4, -0.2) is 42.1 Å². The summed E-state index contributed by atoms with van der Waals surface area (Å²) in [7, 11) is 4.16. The van der Waals surface area contributed by atoms with E-state index in [1.807, 2.05) is 30.4 Å². The highest BCUT2D eigenvalue weighted by Gasteiger charge is 2.08. The molecule has 0 fully saturated rings. The molecule has 3 aromatic rings. The molecule has 0 spiro atoms. The molecule has 146 valence electrons. The zero-order valence-electron chi connectivity index (χ0n) is 16.3. The Balaban J connectivity index is 1.90. The van der Waals surface area contributed by atoms with Crippen molar-refractivity contribution in [3.8, 4) is 0 Å². The second kappa shape index (κ2) is 9.37. The summed E-state index contributed by atoms with van der Waals surface area (Å²) in [4.78, 5) is 11.6. The number of para-hydroxylation sites is 1. The standard InChI is InChI=1S/C22H24Cl2N4/c1-15-6-4-7-17-21(15)26-20(27-22(17)25-12-5-13-28(2)3)11-9-16-8-10-18(23)19(24)14-16/h4,6-11,14H,5,12-13H2,1-3H3,(H,25,26,27)/b11-9+. The van der Waals surface area contributed by atoms with Gasteiger partial charge in [-0.05, 0) is 69.4 Å². The normalized spacial score (nSPS) is 11.6. The lowest BCUT2D eigenvalue weighted by atomic mass is 10.1. The van der Waals surface area contributed by atoms with E-state index in [-0.39, 0.29) is 0 Å². The van der Waals surface area contributed by atoms with Crippen LogP contribution in [0.3, 0.4) is 0 Å². The molecule has 0 aliphatic carbocycles. The molecule has 1 heterocycles. The minimum Gasteiger partial charge on any atom is -0.369 e. The summed E-state index contributed by atoms with van der Waals surface area (Å²) in [5, 5.41) is 5.59. The molecule has 0 bridgehead atoms. The lowest BCUT2D eigenvalue weighted by Crippen LogP contribution is -2.17. The van der Waals surface area contributed by atoms with E-state index in [2.05, 4.69) is 43.4 Å². The van der Waals surface area contributed by atoms with Crippen LogP contribution >= 0.6 is 23.2 Å². The average Bonchev–Trinajstić information content (AvgIpc) is 2.66. The lowest BCUT2D eigenvalue weighted by Gasteiger charge is -2.13. The second-order valence-electron chi connectivity index (χ2n) is 6.99. The number of hydrogen-bond donors (Lipinski definition) is 1. The largest absolute Gasteiger partial charge is 0.369 e. The Morgan fingerprint density at radius 1 is 1.04 bits per heavy atom. The zero-order valence-corrected chi connectivity index (χ0v) is 17.8. The first-order valence-electron chi connectivity index (χ1n) is 9.23. The van der Waals surface area contributed by atoms with Crippen LogP contribution in [0.2, 0.25) is 10.0 Å². The van der Waals surface area contributed by atoms with Crippen molar-refractivity contribution in [2.24, 2.45) is 0 Å². The van der Waals surface area contributed by atoms with Crippen LogP contribution in [0, 0.1) is 6.92 Å². The van der Waals surface area contributed by atoms with Gasteiger partial charge in [-0.15, -0.1) is 0 Å². The molecule has 4 nitrogen and oxygen atoms in total. The Kier molecular flexibility index (Phi) is 6.89. The van der Waals surface area contributed by atoms with Crippen molar-refractivity contribution in [1.82, 2.24) is 14.9 Å². The Morgan fingerprint density at radius 2 is 1.86 bits per heavy atom. The van der Waals surface area contributed by atoms with E-state index >= 15 is 0 Å². The predicted molar refractivity (Wildman–Crippen MR) is 121 cm³/mol. The van der Waals surface area contributed by atoms with Gasteiger partial charge in [-0.25, -0.2) is 9.97 Å². The molecule has 0 radical (unpaired) electrons. The molecule has 0 aliphatic rings. The third-order valence-corrected chi connectivity index (χ3v) is 5.13. The van der Waals surface area contributed by atoms with Crippen molar-refractivity contribution < 1.29 is 0 Å². The summed E-state index contributed by atoms with van der Waals surface area (Å²) in [6.45, 7) is 3.95. The predicted octanol–water partition coefficient (Wildman–Crippen LogP) is 5.78. The van der Waals surface area contributed by atoms with Crippen LogP contribution in [0.25, 0.3) is 23.1 Å². The lowest BCUT2D eigenvalue weighted by molar-refractivity contribution is 0.405. The number of halogens is 2. The van der Waals surface area contributed by atoms with Crippen LogP contribution in [0.1, 0.15) is 23.4 Å². The summed E-state index contributed by atoms with van der Waals surface area (Å²) in [6, 6.07) is 11.7. The number of nitrogens with zero attached hydrogens (tertiary/aromatic N) is 3. The van der Waals surface area contributed by atoms with Gasteiger partial charge in [0.05, 0.1) is 15.6 Å². The fraction of sp³-hybridized carbons (Fsp3) is 0.273. The number of anilines is 1. The minimum absolute atomic E-state index is 0.530. The molecule has 0 aliphatic heterocycles. The van der Waals surface area contributed by atoms with Crippen LogP contribution in [-0.2, 0) is 0 Å². The fourth-order valence-electron chi connectivity index (χ4n) is 2.91. The zero-order chi connectivity index (χ0) is 20.1. The van der Waals surface area contributed by atoms with Gasteiger partial charge in [0, 0.05) is 11.9 Å². The topological polar surface area (TPSA) is 41.0 Å². The van der Waals surface area contributed by atoms with Gasteiger partial charge in [0.25, 0.3) is 0 Å². The van der Waals surface area contributed by atoms with Crippen LogP contribution in [0.4, 0.5) is 5.82 Å². The van der Waals surface area contributed by atoms with Gasteiger partial charge in [-0.2, -0.15) is 0 Å². The molecular formula is C22H24Cl2N4. The number of aromatic nitrogens is 2. The van der Waals surface area contributed by atoms with Gasteiger partial charge >= 0.3 is 0 Å². The molecule has 3 rings (SSSR count). The number of nitrogens with one attached hydrogen (secondary N) is 1. The van der Waals surface area contributed by atoms with E-state index in [0.717, 1.165) is 47.4 Å². The van der Waals surface area contributed by atoms with Crippen molar-refractivity contribution in [3.63, 3.8) is 0 Å². The third-order valence-electron chi connectivity index (χ3n) is 4.39. The number of aryl methyl sites for hydroxylation is 1. The molecule has 0 atom stereocenters. The Bertz CT molecular complexity index is 999. The Morgan fingerprint density at radius 3 is 2.61 bits per heavy atom. The molecular weight excluding hydrogens is 391 g/mol. The van der Waals surface area contributed by atoms with Crippen LogP contribution < -0.4 is 5.32 Å². The maximum absolute atomic E-state index is 6.10. The van der Waals surface area contributed by atoms with Gasteiger partial charge in [0.15, 0.2) is 5.82 Å². The SMILES string of the molecule is Cc1cccc2c(NCCCN(C)C)nc(/C=C/c3ccc(Cl)c(Cl)c3)nc12. The molecule has 1 N–H and O–H groups in total. The van der Waals surface area contributed by atoms with Gasteiger partial charge in [0.1, 0.15) is 5.82 Å². The Labute approximate surface area is 176 Å². The van der Waals surface area contributed by atoms with E-state index in [1.165, 1.54) is 0 Å². The highest BCUT2D eigenvalue weighted by molar-refractivity contribution is 6.42. The first-order chi connectivity index (χ1) is 13.4. The maximum atomic E-state index is 6.10. The molecule has 0 saturated heterocycles. The number of hydrogen-bond acceptors (Lipinski definition) is 4. The molecule has 1 aromatic heterocycles. The molecule has 2 aromatic carbocycles.